The minimum Gasteiger partial charge on any atom is -0.492 e. The van der Waals surface area contributed by atoms with Crippen molar-refractivity contribution in [1.82, 2.24) is 24.4 Å². The lowest BCUT2D eigenvalue weighted by Gasteiger charge is -2.32. The number of imidazole rings is 1. The Kier molecular flexibility index (Phi) is 7.08. The van der Waals surface area contributed by atoms with Gasteiger partial charge in [0.25, 0.3) is 0 Å². The Balaban J connectivity index is 1.64. The summed E-state index contributed by atoms with van der Waals surface area (Å²) < 4.78 is 6.93. The fourth-order valence-electron chi connectivity index (χ4n) is 3.70. The summed E-state index contributed by atoms with van der Waals surface area (Å²) in [6.45, 7) is 4.37. The number of likely N-dealkylation sites (tertiary alicyclic amines) is 1. The van der Waals surface area contributed by atoms with Gasteiger partial charge in [-0.3, -0.25) is 19.2 Å². The van der Waals surface area contributed by atoms with Crippen LogP contribution in [0.15, 0.2) is 4.79 Å². The number of aromatic amines is 1. The van der Waals surface area contributed by atoms with Crippen LogP contribution in [0.5, 0.6) is 11.9 Å². The summed E-state index contributed by atoms with van der Waals surface area (Å²) in [6, 6.07) is -0.360. The molecule has 2 aromatic heterocycles. The summed E-state index contributed by atoms with van der Waals surface area (Å²) >= 11 is 0. The van der Waals surface area contributed by atoms with Crippen LogP contribution >= 0.6 is 0 Å². The molecule has 0 aliphatic carbocycles. The summed E-state index contributed by atoms with van der Waals surface area (Å²) in [4.78, 5) is 36.5. The lowest BCUT2D eigenvalue weighted by atomic mass is 10.0. The van der Waals surface area contributed by atoms with Crippen LogP contribution in [0.2, 0.25) is 0 Å². The van der Waals surface area contributed by atoms with Crippen molar-refractivity contribution in [3.05, 3.63) is 10.5 Å². The van der Waals surface area contributed by atoms with Crippen molar-refractivity contribution in [3.8, 4) is 11.9 Å². The number of ether oxygens (including phenoxy) is 1. The Hall–Kier alpha value is -2.62. The maximum Gasteiger partial charge on any atom is 0.327 e. The molecule has 1 fully saturated rings. The predicted molar refractivity (Wildman–Crippen MR) is 106 cm³/mol. The van der Waals surface area contributed by atoms with E-state index in [9.17, 15) is 19.8 Å². The van der Waals surface area contributed by atoms with Crippen LogP contribution in [0.25, 0.3) is 11.2 Å². The number of nitrogens with zero attached hydrogens (tertiary/aromatic N) is 4. The van der Waals surface area contributed by atoms with Crippen LogP contribution in [0.3, 0.4) is 0 Å². The highest BCUT2D eigenvalue weighted by Crippen LogP contribution is 2.22. The van der Waals surface area contributed by atoms with E-state index in [1.54, 1.807) is 0 Å². The molecule has 1 aliphatic heterocycles. The first-order valence-electron chi connectivity index (χ1n) is 10.3. The number of fused-ring (bicyclic) bond motifs is 1. The number of carboxylic acids is 1. The molecule has 160 valence electrons. The quantitative estimate of drug-likeness (QED) is 0.507. The van der Waals surface area contributed by atoms with Crippen LogP contribution in [0.4, 0.5) is 0 Å². The number of aromatic nitrogens is 4. The van der Waals surface area contributed by atoms with Gasteiger partial charge >= 0.3 is 17.7 Å². The molecule has 0 aromatic carbocycles. The smallest absolute Gasteiger partial charge is 0.327 e. The van der Waals surface area contributed by atoms with E-state index in [0.717, 1.165) is 38.6 Å². The molecule has 0 radical (unpaired) electrons. The second kappa shape index (κ2) is 9.73. The number of rotatable bonds is 10. The van der Waals surface area contributed by atoms with Crippen molar-refractivity contribution in [2.24, 2.45) is 0 Å². The van der Waals surface area contributed by atoms with E-state index in [2.05, 4.69) is 15.0 Å². The number of nitrogens with one attached hydrogen (secondary N) is 1. The van der Waals surface area contributed by atoms with Gasteiger partial charge in [-0.05, 0) is 45.2 Å². The van der Waals surface area contributed by atoms with E-state index in [0.29, 0.717) is 38.2 Å². The van der Waals surface area contributed by atoms with Crippen molar-refractivity contribution >= 4 is 17.1 Å². The number of hydrogen-bond donors (Lipinski definition) is 3. The third-order valence-corrected chi connectivity index (χ3v) is 5.29. The molecule has 0 amide bonds. The average molecular weight is 407 g/mol. The van der Waals surface area contributed by atoms with Gasteiger partial charge in [0.05, 0.1) is 6.61 Å². The summed E-state index contributed by atoms with van der Waals surface area (Å²) in [6.07, 6.45) is 5.91. The van der Waals surface area contributed by atoms with Gasteiger partial charge in [0, 0.05) is 6.54 Å². The first-order valence-corrected chi connectivity index (χ1v) is 10.3. The monoisotopic (exact) mass is 407 g/mol. The topological polar surface area (TPSA) is 134 Å². The zero-order valence-electron chi connectivity index (χ0n) is 16.8. The Morgan fingerprint density at radius 2 is 2.03 bits per heavy atom. The number of aryl methyl sites for hydroxylation is 1. The van der Waals surface area contributed by atoms with E-state index in [1.165, 1.54) is 4.57 Å². The van der Waals surface area contributed by atoms with Gasteiger partial charge in [-0.2, -0.15) is 9.97 Å². The Morgan fingerprint density at radius 3 is 2.79 bits per heavy atom. The summed E-state index contributed by atoms with van der Waals surface area (Å²) in [5, 5.41) is 19.5. The summed E-state index contributed by atoms with van der Waals surface area (Å²) in [5.74, 6) is -1.07. The maximum absolute atomic E-state index is 12.3. The number of carbonyl (C=O) groups is 1. The van der Waals surface area contributed by atoms with Crippen molar-refractivity contribution < 1.29 is 19.7 Å². The van der Waals surface area contributed by atoms with Gasteiger partial charge in [-0.1, -0.05) is 19.8 Å². The van der Waals surface area contributed by atoms with Gasteiger partial charge < -0.3 is 14.9 Å². The van der Waals surface area contributed by atoms with Crippen molar-refractivity contribution in [2.75, 3.05) is 19.7 Å². The van der Waals surface area contributed by atoms with E-state index in [-0.39, 0.29) is 23.1 Å². The van der Waals surface area contributed by atoms with E-state index in [1.807, 2.05) is 11.8 Å². The van der Waals surface area contributed by atoms with Gasteiger partial charge in [-0.25, -0.2) is 4.79 Å². The lowest BCUT2D eigenvalue weighted by molar-refractivity contribution is -0.144. The number of H-pyrrole nitrogens is 1. The standard InChI is InChI=1S/C19H29N5O5/c1-2-3-12-29-18-21-15-14(16(25)22-18)20-19(28)24(15)11-7-6-10-23-9-5-4-8-13(23)17(26)27/h13H,2-12H2,1H3,(H,20,28)(H,26,27)(H,21,22,25). The molecule has 1 aliphatic rings. The maximum atomic E-state index is 12.3. The number of aliphatic carboxylic acids is 1. The normalized spacial score (nSPS) is 17.6. The SMILES string of the molecule is CCCCOc1nc(O)c2[nH]c(=O)n(CCCCN3CCCCC3C(=O)O)c2n1. The molecule has 2 aromatic rings. The number of unbranched alkanes of at least 4 members (excludes halogenated alkanes) is 2. The molecule has 0 saturated carbocycles. The lowest BCUT2D eigenvalue weighted by Crippen LogP contribution is -2.45. The average Bonchev–Trinajstić information content (AvgIpc) is 3.02. The molecular weight excluding hydrogens is 378 g/mol. The molecule has 1 unspecified atom stereocenters. The Morgan fingerprint density at radius 1 is 1.24 bits per heavy atom. The first-order chi connectivity index (χ1) is 14.0. The molecule has 0 bridgehead atoms. The van der Waals surface area contributed by atoms with E-state index in [4.69, 9.17) is 4.74 Å². The molecule has 1 saturated heterocycles. The van der Waals surface area contributed by atoms with E-state index < -0.39 is 12.0 Å². The predicted octanol–water partition coefficient (Wildman–Crippen LogP) is 1.72. The second-order valence-electron chi connectivity index (χ2n) is 7.41. The third kappa shape index (κ3) is 5.06. The van der Waals surface area contributed by atoms with Crippen molar-refractivity contribution in [2.45, 2.75) is 64.5 Å². The van der Waals surface area contributed by atoms with Crippen molar-refractivity contribution in [1.29, 1.82) is 0 Å². The summed E-state index contributed by atoms with van der Waals surface area (Å²) in [5.41, 5.74) is 0.145. The highest BCUT2D eigenvalue weighted by Gasteiger charge is 2.27. The third-order valence-electron chi connectivity index (χ3n) is 5.29. The number of carboxylic acid groups (broad SMARTS) is 1. The first kappa shape index (κ1) is 21.1. The zero-order chi connectivity index (χ0) is 20.8. The van der Waals surface area contributed by atoms with E-state index >= 15 is 0 Å². The molecule has 1 atom stereocenters. The second-order valence-corrected chi connectivity index (χ2v) is 7.41. The van der Waals surface area contributed by atoms with Gasteiger partial charge in [0.15, 0.2) is 5.65 Å². The number of piperidine rings is 1. The fourth-order valence-corrected chi connectivity index (χ4v) is 3.70. The van der Waals surface area contributed by atoms with Gasteiger partial charge in [0.1, 0.15) is 11.6 Å². The van der Waals surface area contributed by atoms with Crippen LogP contribution in [0.1, 0.15) is 51.9 Å². The van der Waals surface area contributed by atoms with Crippen LogP contribution in [-0.2, 0) is 11.3 Å². The van der Waals surface area contributed by atoms with Gasteiger partial charge in [0.2, 0.25) is 5.88 Å². The largest absolute Gasteiger partial charge is 0.492 e. The number of aromatic hydroxyl groups is 1. The molecule has 3 N–H and O–H groups in total. The molecule has 0 spiro atoms. The molecule has 3 rings (SSSR count). The molecule has 10 nitrogen and oxygen atoms in total. The molecule has 10 heteroatoms. The Bertz CT molecular complexity index is 893. The van der Waals surface area contributed by atoms with Crippen LogP contribution in [0, 0.1) is 0 Å². The minimum atomic E-state index is -0.764. The summed E-state index contributed by atoms with van der Waals surface area (Å²) in [7, 11) is 0. The minimum absolute atomic E-state index is 0.0498. The van der Waals surface area contributed by atoms with Crippen LogP contribution in [-0.4, -0.2) is 66.3 Å². The van der Waals surface area contributed by atoms with Crippen molar-refractivity contribution in [3.63, 3.8) is 0 Å². The molecule has 29 heavy (non-hydrogen) atoms. The molecule has 3 heterocycles. The van der Waals surface area contributed by atoms with Gasteiger partial charge in [-0.15, -0.1) is 0 Å². The fraction of sp³-hybridized carbons (Fsp3) is 0.684. The Labute approximate surface area is 168 Å². The number of hydrogen-bond acceptors (Lipinski definition) is 7. The zero-order valence-corrected chi connectivity index (χ0v) is 16.8. The highest BCUT2D eigenvalue weighted by molar-refractivity contribution is 5.76. The van der Waals surface area contributed by atoms with Crippen LogP contribution < -0.4 is 10.4 Å². The highest BCUT2D eigenvalue weighted by atomic mass is 16.5. The molecular formula is C19H29N5O5.